The highest BCUT2D eigenvalue weighted by Crippen LogP contribution is 2.48. The van der Waals surface area contributed by atoms with E-state index in [4.69, 9.17) is 21.0 Å². The Kier molecular flexibility index (Phi) is 5.22. The number of primary sulfonamides is 1. The third-order valence-corrected chi connectivity index (χ3v) is 5.90. The molecule has 1 amide bonds. The van der Waals surface area contributed by atoms with Crippen molar-refractivity contribution in [2.45, 2.75) is 6.42 Å². The van der Waals surface area contributed by atoms with Gasteiger partial charge in [0, 0.05) is 11.1 Å². The number of ether oxygens (including phenoxy) is 1. The second-order valence-electron chi connectivity index (χ2n) is 6.99. The summed E-state index contributed by atoms with van der Waals surface area (Å²) in [5, 5.41) is 12.9. The maximum atomic E-state index is 12.9. The van der Waals surface area contributed by atoms with E-state index in [-0.39, 0.29) is 41.1 Å². The molecule has 2 aromatic rings. The molecule has 0 aromatic heterocycles. The van der Waals surface area contributed by atoms with Gasteiger partial charge in [0.15, 0.2) is 0 Å². The lowest BCUT2D eigenvalue weighted by Crippen LogP contribution is -2.45. The van der Waals surface area contributed by atoms with Gasteiger partial charge in [-0.15, -0.1) is 0 Å². The van der Waals surface area contributed by atoms with Gasteiger partial charge in [-0.1, -0.05) is 48.5 Å². The van der Waals surface area contributed by atoms with Gasteiger partial charge in [0.25, 0.3) is 0 Å². The number of hydrogen-bond acceptors (Lipinski definition) is 5. The zero-order chi connectivity index (χ0) is 22.2. The first-order valence-electron chi connectivity index (χ1n) is 9.43. The minimum absolute atomic E-state index is 0.0190. The number of rotatable bonds is 7. The van der Waals surface area contributed by atoms with Crippen molar-refractivity contribution in [1.29, 1.82) is 5.41 Å². The zero-order valence-corrected chi connectivity index (χ0v) is 17.2. The number of nitrogens with one attached hydrogen (secondary N) is 1. The summed E-state index contributed by atoms with van der Waals surface area (Å²) in [6, 6.07) is 15.9. The first-order chi connectivity index (χ1) is 14.8. The van der Waals surface area contributed by atoms with Crippen molar-refractivity contribution >= 4 is 27.3 Å². The van der Waals surface area contributed by atoms with Crippen LogP contribution < -0.4 is 15.6 Å². The topological polar surface area (TPSA) is 140 Å². The second kappa shape index (κ2) is 7.86. The third-order valence-electron chi connectivity index (χ3n) is 4.92. The van der Waals surface area contributed by atoms with Crippen LogP contribution in [0.15, 0.2) is 83.0 Å². The average Bonchev–Trinajstić information content (AvgIpc) is 2.73. The third kappa shape index (κ3) is 3.88. The van der Waals surface area contributed by atoms with Gasteiger partial charge in [-0.2, -0.15) is 0 Å². The molecule has 4 rings (SSSR count). The van der Waals surface area contributed by atoms with E-state index < -0.39 is 10.0 Å². The summed E-state index contributed by atoms with van der Waals surface area (Å²) in [5.74, 6) is 0.0975. The Morgan fingerprint density at radius 3 is 2.48 bits per heavy atom. The molecule has 5 N–H and O–H groups in total. The molecule has 0 aliphatic carbocycles. The van der Waals surface area contributed by atoms with Gasteiger partial charge in [0.2, 0.25) is 15.9 Å². The highest BCUT2D eigenvalue weighted by Gasteiger charge is 2.45. The molecule has 0 atom stereocenters. The lowest BCUT2D eigenvalue weighted by Gasteiger charge is -2.42. The SMILES string of the molecule is N=C(N)c1cccc(OCCC(=O)N2c3ccc(-c4ccccc4)c2c3S(N)(=O)=O)c1. The van der Waals surface area contributed by atoms with Crippen LogP contribution in [0.3, 0.4) is 0 Å². The van der Waals surface area contributed by atoms with Gasteiger partial charge in [-0.05, 0) is 23.8 Å². The highest BCUT2D eigenvalue weighted by molar-refractivity contribution is 7.93. The fourth-order valence-electron chi connectivity index (χ4n) is 3.54. The normalized spacial score (nSPS) is 15.1. The Morgan fingerprint density at radius 1 is 1.06 bits per heavy atom. The molecule has 0 saturated heterocycles. The number of hydrogen-bond donors (Lipinski definition) is 3. The number of nitrogens with two attached hydrogens (primary N) is 2. The lowest BCUT2D eigenvalue weighted by molar-refractivity contribution is -0.128. The molecule has 2 aromatic carbocycles. The minimum atomic E-state index is -4.00. The number of allylic oxidation sites excluding steroid dienone is 3. The van der Waals surface area contributed by atoms with Crippen LogP contribution in [0.5, 0.6) is 5.75 Å². The Bertz CT molecular complexity index is 1280. The van der Waals surface area contributed by atoms with Crippen molar-refractivity contribution in [2.24, 2.45) is 10.9 Å². The molecular formula is C22H20N4O4S. The van der Waals surface area contributed by atoms with E-state index in [0.29, 0.717) is 16.9 Å². The van der Waals surface area contributed by atoms with Gasteiger partial charge in [-0.25, -0.2) is 13.6 Å². The van der Waals surface area contributed by atoms with Crippen LogP contribution in [0.2, 0.25) is 0 Å². The number of fused-ring (bicyclic) bond motifs is 2. The molecule has 9 heteroatoms. The summed E-state index contributed by atoms with van der Waals surface area (Å²) in [4.78, 5) is 14.2. The molecule has 0 fully saturated rings. The van der Waals surface area contributed by atoms with E-state index in [0.717, 1.165) is 5.56 Å². The Balaban J connectivity index is 1.52. The van der Waals surface area contributed by atoms with Crippen LogP contribution in [-0.4, -0.2) is 31.7 Å². The summed E-state index contributed by atoms with van der Waals surface area (Å²) in [6.45, 7) is 0.0757. The molecule has 0 unspecified atom stereocenters. The van der Waals surface area contributed by atoms with Crippen molar-refractivity contribution in [2.75, 3.05) is 6.61 Å². The summed E-state index contributed by atoms with van der Waals surface area (Å²) < 4.78 is 29.9. The minimum Gasteiger partial charge on any atom is -0.493 e. The predicted octanol–water partition coefficient (Wildman–Crippen LogP) is 2.06. The lowest BCUT2D eigenvalue weighted by atomic mass is 9.90. The number of nitrogen functional groups attached to an aromatic ring is 1. The van der Waals surface area contributed by atoms with Crippen LogP contribution in [0, 0.1) is 5.41 Å². The molecule has 2 heterocycles. The van der Waals surface area contributed by atoms with Crippen molar-refractivity contribution in [1.82, 2.24) is 4.90 Å². The number of carbonyl (C=O) groups is 1. The standard InChI is InChI=1S/C22H20N4O4S/c23-22(24)15-7-4-8-16(13-15)30-12-11-19(27)26-18-10-9-17(14-5-2-1-3-6-14)20(26)21(18)31(25,28)29/h1-10,13H,11-12H2,(H3,23,24)(H2,25,28,29). The van der Waals surface area contributed by atoms with E-state index in [1.165, 1.54) is 4.90 Å². The molecular weight excluding hydrogens is 416 g/mol. The quantitative estimate of drug-likeness (QED) is 0.450. The molecule has 158 valence electrons. The molecule has 0 radical (unpaired) electrons. The summed E-state index contributed by atoms with van der Waals surface area (Å²) >= 11 is 0. The largest absolute Gasteiger partial charge is 0.493 e. The fraction of sp³-hybridized carbons (Fsp3) is 0.0909. The van der Waals surface area contributed by atoms with Gasteiger partial charge in [-0.3, -0.25) is 15.1 Å². The van der Waals surface area contributed by atoms with Crippen LogP contribution in [0.25, 0.3) is 5.57 Å². The van der Waals surface area contributed by atoms with Gasteiger partial charge in [0.1, 0.15) is 16.5 Å². The number of sulfonamides is 1. The Morgan fingerprint density at radius 2 is 1.81 bits per heavy atom. The van der Waals surface area contributed by atoms with Crippen molar-refractivity contribution in [3.8, 4) is 5.75 Å². The van der Waals surface area contributed by atoms with E-state index >= 15 is 0 Å². The van der Waals surface area contributed by atoms with Crippen LogP contribution in [-0.2, 0) is 14.8 Å². The number of amidine groups is 1. The Hall–Kier alpha value is -3.69. The number of amides is 1. The smallest absolute Gasteiger partial charge is 0.242 e. The van der Waals surface area contributed by atoms with E-state index in [9.17, 15) is 13.2 Å². The average molecular weight is 436 g/mol. The Labute approximate surface area is 179 Å². The molecule has 2 bridgehead atoms. The predicted molar refractivity (Wildman–Crippen MR) is 117 cm³/mol. The summed E-state index contributed by atoms with van der Waals surface area (Å²) in [6.07, 6.45) is 3.39. The fourth-order valence-corrected chi connectivity index (χ4v) is 4.46. The summed E-state index contributed by atoms with van der Waals surface area (Å²) in [5.41, 5.74) is 7.94. The molecule has 0 spiro atoms. The van der Waals surface area contributed by atoms with Crippen LogP contribution in [0.1, 0.15) is 17.5 Å². The van der Waals surface area contributed by atoms with Crippen LogP contribution >= 0.6 is 0 Å². The second-order valence-corrected chi connectivity index (χ2v) is 8.49. The first-order valence-corrected chi connectivity index (χ1v) is 11.0. The van der Waals surface area contributed by atoms with Gasteiger partial charge < -0.3 is 10.5 Å². The molecule has 2 aliphatic heterocycles. The van der Waals surface area contributed by atoms with E-state index in [2.05, 4.69) is 0 Å². The van der Waals surface area contributed by atoms with E-state index in [1.807, 2.05) is 30.3 Å². The molecule has 0 saturated carbocycles. The first kappa shape index (κ1) is 20.6. The van der Waals surface area contributed by atoms with Crippen LogP contribution in [0.4, 0.5) is 0 Å². The van der Waals surface area contributed by atoms with Crippen molar-refractivity contribution in [3.05, 3.63) is 94.2 Å². The van der Waals surface area contributed by atoms with Crippen molar-refractivity contribution in [3.63, 3.8) is 0 Å². The maximum absolute atomic E-state index is 12.9. The van der Waals surface area contributed by atoms with Gasteiger partial charge >= 0.3 is 0 Å². The maximum Gasteiger partial charge on any atom is 0.242 e. The van der Waals surface area contributed by atoms with Gasteiger partial charge in [0.05, 0.1) is 24.4 Å². The number of carbonyl (C=O) groups excluding carboxylic acids is 1. The zero-order valence-electron chi connectivity index (χ0n) is 16.4. The number of nitrogens with zero attached hydrogens (tertiary/aromatic N) is 1. The molecule has 8 nitrogen and oxygen atoms in total. The monoisotopic (exact) mass is 436 g/mol. The highest BCUT2D eigenvalue weighted by atomic mass is 32.2. The molecule has 31 heavy (non-hydrogen) atoms. The summed E-state index contributed by atoms with van der Waals surface area (Å²) in [7, 11) is -4.00. The van der Waals surface area contributed by atoms with E-state index in [1.54, 1.807) is 36.4 Å². The van der Waals surface area contributed by atoms with Crippen molar-refractivity contribution < 1.29 is 17.9 Å². The molecule has 2 aliphatic rings. The number of benzene rings is 2.